The van der Waals surface area contributed by atoms with Crippen LogP contribution in [-0.4, -0.2) is 23.6 Å². The molecule has 0 aliphatic heterocycles. The van der Waals surface area contributed by atoms with Gasteiger partial charge in [-0.15, -0.1) is 11.3 Å². The molecule has 0 aliphatic rings. The summed E-state index contributed by atoms with van der Waals surface area (Å²) < 4.78 is 25.6. The first kappa shape index (κ1) is 10.3. The minimum Gasteiger partial charge on any atom is -0.284 e. The van der Waals surface area contributed by atoms with E-state index in [1.807, 2.05) is 0 Å². The molecule has 2 heterocycles. The molecule has 80 valence electrons. The van der Waals surface area contributed by atoms with Gasteiger partial charge in [0.05, 0.1) is 11.7 Å². The first-order valence-corrected chi connectivity index (χ1v) is 6.40. The first-order valence-electron chi connectivity index (χ1n) is 4.04. The Morgan fingerprint density at radius 1 is 1.47 bits per heavy atom. The number of aromatic nitrogens is 3. The van der Waals surface area contributed by atoms with Crippen LogP contribution in [0, 0.1) is 0 Å². The number of nitrogens with zero attached hydrogens (tertiary/aromatic N) is 2. The van der Waals surface area contributed by atoms with Crippen molar-refractivity contribution in [2.45, 2.75) is 11.4 Å². The molecule has 6 nitrogen and oxygen atoms in total. The average Bonchev–Trinajstić information content (AvgIpc) is 2.88. The SMILES string of the molecule is O=S(=O)(NCc1cncs1)c1cn[nH]c1. The van der Waals surface area contributed by atoms with Gasteiger partial charge >= 0.3 is 0 Å². The molecule has 0 spiro atoms. The number of aromatic amines is 1. The van der Waals surface area contributed by atoms with E-state index in [1.165, 1.54) is 23.7 Å². The van der Waals surface area contributed by atoms with Crippen molar-refractivity contribution in [3.05, 3.63) is 29.0 Å². The van der Waals surface area contributed by atoms with Crippen LogP contribution >= 0.6 is 11.3 Å². The lowest BCUT2D eigenvalue weighted by molar-refractivity contribution is 0.582. The Kier molecular flexibility index (Phi) is 2.80. The summed E-state index contributed by atoms with van der Waals surface area (Å²) in [6.45, 7) is 0.248. The van der Waals surface area contributed by atoms with Crippen LogP contribution in [0.15, 0.2) is 29.0 Å². The van der Waals surface area contributed by atoms with Gasteiger partial charge in [0.15, 0.2) is 0 Å². The van der Waals surface area contributed by atoms with Gasteiger partial charge in [0.25, 0.3) is 0 Å². The number of thiazole rings is 1. The third-order valence-corrected chi connectivity index (χ3v) is 3.85. The maximum absolute atomic E-state index is 11.6. The number of sulfonamides is 1. The monoisotopic (exact) mass is 244 g/mol. The molecule has 0 unspecified atom stereocenters. The highest BCUT2D eigenvalue weighted by Gasteiger charge is 2.14. The molecule has 0 radical (unpaired) electrons. The first-order chi connectivity index (χ1) is 7.18. The maximum atomic E-state index is 11.6. The Morgan fingerprint density at radius 2 is 2.33 bits per heavy atom. The lowest BCUT2D eigenvalue weighted by Gasteiger charge is -2.01. The van der Waals surface area contributed by atoms with E-state index in [9.17, 15) is 8.42 Å². The van der Waals surface area contributed by atoms with E-state index >= 15 is 0 Å². The minimum atomic E-state index is -3.46. The van der Waals surface area contributed by atoms with Gasteiger partial charge < -0.3 is 0 Å². The van der Waals surface area contributed by atoms with Crippen LogP contribution in [0.2, 0.25) is 0 Å². The Labute approximate surface area is 90.4 Å². The summed E-state index contributed by atoms with van der Waals surface area (Å²) in [7, 11) is -3.46. The van der Waals surface area contributed by atoms with Gasteiger partial charge in [-0.2, -0.15) is 5.10 Å². The van der Waals surface area contributed by atoms with Crippen LogP contribution in [0.3, 0.4) is 0 Å². The third kappa shape index (κ3) is 2.41. The van der Waals surface area contributed by atoms with Crippen molar-refractivity contribution in [3.63, 3.8) is 0 Å². The van der Waals surface area contributed by atoms with Gasteiger partial charge in [0.1, 0.15) is 4.90 Å². The second-order valence-corrected chi connectivity index (χ2v) is 5.46. The standard InChI is InChI=1S/C7H8N4O2S2/c12-15(13,7-3-9-10-4-7)11-2-6-1-8-5-14-6/h1,3-5,11H,2H2,(H,9,10). The third-order valence-electron chi connectivity index (χ3n) is 1.70. The summed E-state index contributed by atoms with van der Waals surface area (Å²) in [6.07, 6.45) is 4.21. The zero-order valence-corrected chi connectivity index (χ0v) is 9.18. The summed E-state index contributed by atoms with van der Waals surface area (Å²) in [5, 5.41) is 6.03. The van der Waals surface area contributed by atoms with Crippen LogP contribution in [0.4, 0.5) is 0 Å². The van der Waals surface area contributed by atoms with Crippen molar-refractivity contribution in [3.8, 4) is 0 Å². The van der Waals surface area contributed by atoms with E-state index in [4.69, 9.17) is 0 Å². The Morgan fingerprint density at radius 3 is 2.93 bits per heavy atom. The van der Waals surface area contributed by atoms with E-state index in [1.54, 1.807) is 11.7 Å². The second-order valence-electron chi connectivity index (χ2n) is 2.73. The van der Waals surface area contributed by atoms with E-state index < -0.39 is 10.0 Å². The van der Waals surface area contributed by atoms with Crippen LogP contribution in [0.1, 0.15) is 4.88 Å². The molecule has 2 aromatic heterocycles. The minimum absolute atomic E-state index is 0.131. The molecule has 2 N–H and O–H groups in total. The van der Waals surface area contributed by atoms with E-state index in [0.717, 1.165) is 4.88 Å². The molecule has 15 heavy (non-hydrogen) atoms. The van der Waals surface area contributed by atoms with Gasteiger partial charge in [-0.25, -0.2) is 13.1 Å². The van der Waals surface area contributed by atoms with Crippen molar-refractivity contribution in [2.75, 3.05) is 0 Å². The van der Waals surface area contributed by atoms with Crippen molar-refractivity contribution in [2.24, 2.45) is 0 Å². The number of hydrogen-bond donors (Lipinski definition) is 2. The fourth-order valence-corrected chi connectivity index (χ4v) is 2.50. The van der Waals surface area contributed by atoms with Crippen molar-refractivity contribution >= 4 is 21.4 Å². The fourth-order valence-electron chi connectivity index (χ4n) is 0.965. The molecule has 0 atom stereocenters. The molecule has 2 rings (SSSR count). The zero-order valence-electron chi connectivity index (χ0n) is 7.54. The summed E-state index contributed by atoms with van der Waals surface area (Å²) >= 11 is 1.40. The molecule has 0 saturated carbocycles. The van der Waals surface area contributed by atoms with Crippen LogP contribution in [-0.2, 0) is 16.6 Å². The highest BCUT2D eigenvalue weighted by Crippen LogP contribution is 2.08. The average molecular weight is 244 g/mol. The quantitative estimate of drug-likeness (QED) is 0.812. The molecule has 0 amide bonds. The van der Waals surface area contributed by atoms with E-state index in [-0.39, 0.29) is 11.4 Å². The van der Waals surface area contributed by atoms with Crippen LogP contribution < -0.4 is 4.72 Å². The van der Waals surface area contributed by atoms with Crippen LogP contribution in [0.25, 0.3) is 0 Å². The number of nitrogens with one attached hydrogen (secondary N) is 2. The van der Waals surface area contributed by atoms with Crippen molar-refractivity contribution in [1.29, 1.82) is 0 Å². The summed E-state index contributed by atoms with van der Waals surface area (Å²) in [5.74, 6) is 0. The van der Waals surface area contributed by atoms with E-state index in [2.05, 4.69) is 19.9 Å². The Bertz CT molecular complexity index is 503. The molecule has 2 aromatic rings. The summed E-state index contributed by atoms with van der Waals surface area (Å²) in [5.41, 5.74) is 1.65. The van der Waals surface area contributed by atoms with E-state index in [0.29, 0.717) is 0 Å². The Balaban J connectivity index is 2.06. The summed E-state index contributed by atoms with van der Waals surface area (Å²) in [4.78, 5) is 4.85. The van der Waals surface area contributed by atoms with Gasteiger partial charge in [-0.1, -0.05) is 0 Å². The molecule has 0 fully saturated rings. The smallest absolute Gasteiger partial charge is 0.244 e. The molecular formula is C7H8N4O2S2. The van der Waals surface area contributed by atoms with Gasteiger partial charge in [0, 0.05) is 23.8 Å². The van der Waals surface area contributed by atoms with Crippen LogP contribution in [0.5, 0.6) is 0 Å². The molecule has 0 aromatic carbocycles. The van der Waals surface area contributed by atoms with Crippen molar-refractivity contribution in [1.82, 2.24) is 19.9 Å². The lowest BCUT2D eigenvalue weighted by Crippen LogP contribution is -2.22. The highest BCUT2D eigenvalue weighted by atomic mass is 32.2. The number of H-pyrrole nitrogens is 1. The molecule has 0 saturated heterocycles. The molecular weight excluding hydrogens is 236 g/mol. The Hall–Kier alpha value is -1.25. The van der Waals surface area contributed by atoms with Crippen molar-refractivity contribution < 1.29 is 8.42 Å². The maximum Gasteiger partial charge on any atom is 0.244 e. The summed E-state index contributed by atoms with van der Waals surface area (Å²) in [6, 6.07) is 0. The molecule has 8 heteroatoms. The normalized spacial score (nSPS) is 11.7. The van der Waals surface area contributed by atoms with Gasteiger partial charge in [-0.05, 0) is 0 Å². The number of rotatable bonds is 4. The topological polar surface area (TPSA) is 87.7 Å². The predicted molar refractivity (Wildman–Crippen MR) is 54.7 cm³/mol. The predicted octanol–water partition coefficient (Wildman–Crippen LogP) is 0.345. The second kappa shape index (κ2) is 4.09. The zero-order chi connectivity index (χ0) is 10.7. The lowest BCUT2D eigenvalue weighted by atomic mass is 10.6. The fraction of sp³-hybridized carbons (Fsp3) is 0.143. The van der Waals surface area contributed by atoms with Gasteiger partial charge in [-0.3, -0.25) is 10.1 Å². The molecule has 0 aliphatic carbocycles. The largest absolute Gasteiger partial charge is 0.284 e. The highest BCUT2D eigenvalue weighted by molar-refractivity contribution is 7.89. The number of hydrogen-bond acceptors (Lipinski definition) is 5. The molecule has 0 bridgehead atoms. The van der Waals surface area contributed by atoms with Gasteiger partial charge in [0.2, 0.25) is 10.0 Å².